The Morgan fingerprint density at radius 1 is 1.18 bits per heavy atom. The predicted octanol–water partition coefficient (Wildman–Crippen LogP) is 3.31. The molecule has 0 radical (unpaired) electrons. The molecule has 0 spiro atoms. The van der Waals surface area contributed by atoms with Gasteiger partial charge in [-0.3, -0.25) is 0 Å². The van der Waals surface area contributed by atoms with Gasteiger partial charge in [-0.15, -0.1) is 0 Å². The first-order valence-corrected chi connectivity index (χ1v) is 7.77. The molecule has 1 atom stereocenters. The van der Waals surface area contributed by atoms with Gasteiger partial charge in [-0.1, -0.05) is 39.0 Å². The highest BCUT2D eigenvalue weighted by atomic mass is 14.8. The Morgan fingerprint density at radius 3 is 2.59 bits per heavy atom. The van der Waals surface area contributed by atoms with E-state index < -0.39 is 0 Å². The van der Waals surface area contributed by atoms with Crippen molar-refractivity contribution in [3.8, 4) is 0 Å². The summed E-state index contributed by atoms with van der Waals surface area (Å²) in [5.41, 5.74) is 5.65. The summed E-state index contributed by atoms with van der Waals surface area (Å²) in [6.07, 6.45) is 12.4. The monoisotopic (exact) mass is 240 g/mol. The minimum Gasteiger partial charge on any atom is -0.330 e. The molecule has 0 aromatic carbocycles. The summed E-state index contributed by atoms with van der Waals surface area (Å²) in [5, 5.41) is 3.59. The minimum absolute atomic E-state index is 0.861. The van der Waals surface area contributed by atoms with Gasteiger partial charge in [-0.05, 0) is 57.2 Å². The van der Waals surface area contributed by atoms with Crippen molar-refractivity contribution in [2.45, 2.75) is 64.7 Å². The molecule has 0 heterocycles. The molecule has 2 nitrogen and oxygen atoms in total. The SMILES string of the molecule is CCCC(CCN)CCCNCCC1CCC1. The molecule has 0 saturated heterocycles. The second-order valence-electron chi connectivity index (χ2n) is 5.71. The van der Waals surface area contributed by atoms with Crippen LogP contribution in [0.25, 0.3) is 0 Å². The molecule has 3 N–H and O–H groups in total. The fourth-order valence-electron chi connectivity index (χ4n) is 2.81. The van der Waals surface area contributed by atoms with Crippen LogP contribution in [0.15, 0.2) is 0 Å². The maximum absolute atomic E-state index is 5.65. The third-order valence-corrected chi connectivity index (χ3v) is 4.19. The van der Waals surface area contributed by atoms with Gasteiger partial charge in [0.1, 0.15) is 0 Å². The van der Waals surface area contributed by atoms with Gasteiger partial charge in [0.25, 0.3) is 0 Å². The van der Waals surface area contributed by atoms with E-state index in [4.69, 9.17) is 5.73 Å². The van der Waals surface area contributed by atoms with E-state index in [2.05, 4.69) is 12.2 Å². The minimum atomic E-state index is 0.861. The Balaban J connectivity index is 1.86. The van der Waals surface area contributed by atoms with Crippen molar-refractivity contribution in [1.82, 2.24) is 5.32 Å². The zero-order chi connectivity index (χ0) is 12.3. The van der Waals surface area contributed by atoms with Crippen LogP contribution < -0.4 is 11.1 Å². The van der Waals surface area contributed by atoms with Gasteiger partial charge >= 0.3 is 0 Å². The van der Waals surface area contributed by atoms with Crippen molar-refractivity contribution in [2.75, 3.05) is 19.6 Å². The van der Waals surface area contributed by atoms with E-state index in [9.17, 15) is 0 Å². The van der Waals surface area contributed by atoms with Crippen LogP contribution in [-0.2, 0) is 0 Å². The summed E-state index contributed by atoms with van der Waals surface area (Å²) in [4.78, 5) is 0. The fraction of sp³-hybridized carbons (Fsp3) is 1.00. The van der Waals surface area contributed by atoms with Crippen LogP contribution in [0, 0.1) is 11.8 Å². The molecule has 0 aliphatic heterocycles. The van der Waals surface area contributed by atoms with Crippen LogP contribution >= 0.6 is 0 Å². The quantitative estimate of drug-likeness (QED) is 0.544. The third kappa shape index (κ3) is 7.05. The van der Waals surface area contributed by atoms with Crippen molar-refractivity contribution in [3.05, 3.63) is 0 Å². The summed E-state index contributed by atoms with van der Waals surface area (Å²) in [6.45, 7) is 5.58. The highest BCUT2D eigenvalue weighted by Crippen LogP contribution is 2.28. The number of rotatable bonds is 11. The molecule has 1 fully saturated rings. The van der Waals surface area contributed by atoms with E-state index in [1.54, 1.807) is 0 Å². The van der Waals surface area contributed by atoms with Crippen LogP contribution in [0.3, 0.4) is 0 Å². The highest BCUT2D eigenvalue weighted by Gasteiger charge is 2.16. The summed E-state index contributed by atoms with van der Waals surface area (Å²) in [5.74, 6) is 1.92. The molecular weight excluding hydrogens is 208 g/mol. The molecule has 0 aromatic rings. The fourth-order valence-corrected chi connectivity index (χ4v) is 2.81. The lowest BCUT2D eigenvalue weighted by atomic mass is 9.83. The average molecular weight is 240 g/mol. The van der Waals surface area contributed by atoms with Crippen molar-refractivity contribution >= 4 is 0 Å². The van der Waals surface area contributed by atoms with Crippen LogP contribution in [0.5, 0.6) is 0 Å². The molecule has 0 amide bonds. The van der Waals surface area contributed by atoms with Crippen molar-refractivity contribution in [2.24, 2.45) is 17.6 Å². The van der Waals surface area contributed by atoms with Crippen molar-refractivity contribution in [1.29, 1.82) is 0 Å². The van der Waals surface area contributed by atoms with E-state index in [1.165, 1.54) is 70.9 Å². The third-order valence-electron chi connectivity index (χ3n) is 4.19. The summed E-state index contributed by atoms with van der Waals surface area (Å²) < 4.78 is 0. The maximum atomic E-state index is 5.65. The molecule has 1 unspecified atom stereocenters. The van der Waals surface area contributed by atoms with Crippen LogP contribution in [0.1, 0.15) is 64.7 Å². The number of nitrogens with two attached hydrogens (primary N) is 1. The number of hydrogen-bond donors (Lipinski definition) is 2. The highest BCUT2D eigenvalue weighted by molar-refractivity contribution is 4.70. The van der Waals surface area contributed by atoms with E-state index >= 15 is 0 Å². The molecule has 0 aromatic heterocycles. The first kappa shape index (κ1) is 15.0. The lowest BCUT2D eigenvalue weighted by molar-refractivity contribution is 0.291. The molecule has 17 heavy (non-hydrogen) atoms. The average Bonchev–Trinajstić information content (AvgIpc) is 2.26. The van der Waals surface area contributed by atoms with Gasteiger partial charge < -0.3 is 11.1 Å². The Morgan fingerprint density at radius 2 is 2.00 bits per heavy atom. The number of hydrogen-bond acceptors (Lipinski definition) is 2. The van der Waals surface area contributed by atoms with E-state index in [-0.39, 0.29) is 0 Å². The Hall–Kier alpha value is -0.0800. The standard InChI is InChI=1S/C15H32N2/c1-2-5-14(9-11-16)8-4-12-17-13-10-15-6-3-7-15/h14-15,17H,2-13,16H2,1H3. The first-order chi connectivity index (χ1) is 8.36. The molecule has 1 saturated carbocycles. The van der Waals surface area contributed by atoms with Gasteiger partial charge in [0, 0.05) is 0 Å². The Kier molecular flexibility index (Phi) is 8.72. The molecule has 1 aliphatic carbocycles. The van der Waals surface area contributed by atoms with Crippen molar-refractivity contribution in [3.63, 3.8) is 0 Å². The lowest BCUT2D eigenvalue weighted by Gasteiger charge is -2.25. The smallest absolute Gasteiger partial charge is 0.00463 e. The largest absolute Gasteiger partial charge is 0.330 e. The van der Waals surface area contributed by atoms with Crippen LogP contribution in [0.4, 0.5) is 0 Å². The normalized spacial score (nSPS) is 18.0. The lowest BCUT2D eigenvalue weighted by Crippen LogP contribution is -2.22. The molecule has 1 aliphatic rings. The number of nitrogens with one attached hydrogen (secondary N) is 1. The molecule has 1 rings (SSSR count). The van der Waals surface area contributed by atoms with Gasteiger partial charge in [-0.25, -0.2) is 0 Å². The van der Waals surface area contributed by atoms with E-state index in [1.807, 2.05) is 0 Å². The Bertz CT molecular complexity index is 160. The van der Waals surface area contributed by atoms with Crippen molar-refractivity contribution < 1.29 is 0 Å². The molecule has 0 bridgehead atoms. The second kappa shape index (κ2) is 9.90. The maximum Gasteiger partial charge on any atom is -0.00463 e. The molecular formula is C15H32N2. The Labute approximate surface area is 108 Å². The zero-order valence-corrected chi connectivity index (χ0v) is 11.7. The van der Waals surface area contributed by atoms with Crippen LogP contribution in [-0.4, -0.2) is 19.6 Å². The van der Waals surface area contributed by atoms with Gasteiger partial charge in [0.15, 0.2) is 0 Å². The molecule has 2 heteroatoms. The van der Waals surface area contributed by atoms with Crippen LogP contribution in [0.2, 0.25) is 0 Å². The van der Waals surface area contributed by atoms with E-state index in [0.29, 0.717) is 0 Å². The first-order valence-electron chi connectivity index (χ1n) is 7.77. The second-order valence-corrected chi connectivity index (χ2v) is 5.71. The van der Waals surface area contributed by atoms with E-state index in [0.717, 1.165) is 18.4 Å². The van der Waals surface area contributed by atoms with Gasteiger partial charge in [0.05, 0.1) is 0 Å². The van der Waals surface area contributed by atoms with Gasteiger partial charge in [0.2, 0.25) is 0 Å². The summed E-state index contributed by atoms with van der Waals surface area (Å²) >= 11 is 0. The zero-order valence-electron chi connectivity index (χ0n) is 11.7. The molecule has 102 valence electrons. The van der Waals surface area contributed by atoms with Gasteiger partial charge in [-0.2, -0.15) is 0 Å². The summed E-state index contributed by atoms with van der Waals surface area (Å²) in [6, 6.07) is 0. The predicted molar refractivity (Wildman–Crippen MR) is 76.1 cm³/mol. The summed E-state index contributed by atoms with van der Waals surface area (Å²) in [7, 11) is 0. The topological polar surface area (TPSA) is 38.0 Å².